The third kappa shape index (κ3) is 3.60. The molecule has 21 heavy (non-hydrogen) atoms. The van der Waals surface area contributed by atoms with Crippen LogP contribution >= 0.6 is 0 Å². The molecule has 0 bridgehead atoms. The van der Waals surface area contributed by atoms with Crippen LogP contribution in [0.25, 0.3) is 0 Å². The lowest BCUT2D eigenvalue weighted by molar-refractivity contribution is -0.147. The minimum Gasteiger partial charge on any atom is -0.468 e. The number of benzene rings is 1. The van der Waals surface area contributed by atoms with Gasteiger partial charge in [0.1, 0.15) is 12.1 Å². The molecule has 2 rings (SSSR count). The van der Waals surface area contributed by atoms with E-state index in [9.17, 15) is 10.1 Å². The Morgan fingerprint density at radius 1 is 1.19 bits per heavy atom. The lowest BCUT2D eigenvalue weighted by atomic mass is 10.1. The number of esters is 1. The molecule has 1 saturated heterocycles. The Morgan fingerprint density at radius 2 is 1.76 bits per heavy atom. The van der Waals surface area contributed by atoms with Gasteiger partial charge in [0.05, 0.1) is 13.2 Å². The summed E-state index contributed by atoms with van der Waals surface area (Å²) in [6, 6.07) is 11.8. The molecule has 5 heteroatoms. The van der Waals surface area contributed by atoms with E-state index in [0.29, 0.717) is 0 Å². The number of rotatable bonds is 4. The monoisotopic (exact) mass is 287 g/mol. The number of carbonyl (C=O) groups excluding carboxylic acids is 1. The fourth-order valence-electron chi connectivity index (χ4n) is 2.70. The van der Waals surface area contributed by atoms with Gasteiger partial charge < -0.3 is 4.74 Å². The Hall–Kier alpha value is -1.90. The summed E-state index contributed by atoms with van der Waals surface area (Å²) in [5.74, 6) is -0.205. The summed E-state index contributed by atoms with van der Waals surface area (Å²) in [4.78, 5) is 15.8. The molecule has 1 heterocycles. The zero-order chi connectivity index (χ0) is 15.2. The number of hydrogen-bond donors (Lipinski definition) is 0. The van der Waals surface area contributed by atoms with Crippen LogP contribution in [0.2, 0.25) is 0 Å². The van der Waals surface area contributed by atoms with Crippen molar-refractivity contribution >= 4 is 5.97 Å². The molecule has 1 aromatic rings. The summed E-state index contributed by atoms with van der Waals surface area (Å²) < 4.78 is 4.78. The third-order valence-electron chi connectivity index (χ3n) is 4.04. The van der Waals surface area contributed by atoms with Crippen LogP contribution in [0.3, 0.4) is 0 Å². The Bertz CT molecular complexity index is 504. The van der Waals surface area contributed by atoms with Crippen LogP contribution in [-0.4, -0.2) is 55.1 Å². The highest BCUT2D eigenvalue weighted by molar-refractivity contribution is 5.75. The van der Waals surface area contributed by atoms with E-state index in [1.54, 1.807) is 0 Å². The van der Waals surface area contributed by atoms with E-state index in [1.165, 1.54) is 7.11 Å². The lowest BCUT2D eigenvalue weighted by Gasteiger charge is -2.38. The molecule has 0 aromatic heterocycles. The van der Waals surface area contributed by atoms with Crippen molar-refractivity contribution in [3.8, 4) is 6.07 Å². The first-order valence-corrected chi connectivity index (χ1v) is 7.18. The van der Waals surface area contributed by atoms with E-state index in [0.717, 1.165) is 31.7 Å². The predicted octanol–water partition coefficient (Wildman–Crippen LogP) is 1.43. The van der Waals surface area contributed by atoms with Gasteiger partial charge in [0.15, 0.2) is 0 Å². The fraction of sp³-hybridized carbons (Fsp3) is 0.500. The number of ether oxygens (including phenoxy) is 1. The molecule has 1 aliphatic heterocycles. The van der Waals surface area contributed by atoms with Crippen LogP contribution in [0.4, 0.5) is 0 Å². The highest BCUT2D eigenvalue weighted by atomic mass is 16.5. The maximum Gasteiger partial charge on any atom is 0.322 e. The highest BCUT2D eigenvalue weighted by Crippen LogP contribution is 2.21. The average Bonchev–Trinajstić information content (AvgIpc) is 2.56. The fourth-order valence-corrected chi connectivity index (χ4v) is 2.70. The van der Waals surface area contributed by atoms with Crippen molar-refractivity contribution in [3.05, 3.63) is 35.9 Å². The second-order valence-corrected chi connectivity index (χ2v) is 5.21. The predicted molar refractivity (Wildman–Crippen MR) is 79.4 cm³/mol. The number of hydrogen-bond acceptors (Lipinski definition) is 5. The van der Waals surface area contributed by atoms with E-state index in [4.69, 9.17) is 4.74 Å². The molecule has 0 N–H and O–H groups in total. The van der Waals surface area contributed by atoms with Gasteiger partial charge in [-0.25, -0.2) is 0 Å². The topological polar surface area (TPSA) is 56.6 Å². The summed E-state index contributed by atoms with van der Waals surface area (Å²) >= 11 is 0. The van der Waals surface area contributed by atoms with Crippen LogP contribution < -0.4 is 0 Å². The zero-order valence-electron chi connectivity index (χ0n) is 12.5. The first-order chi connectivity index (χ1) is 10.2. The second-order valence-electron chi connectivity index (χ2n) is 5.21. The van der Waals surface area contributed by atoms with Crippen LogP contribution in [0.1, 0.15) is 18.5 Å². The third-order valence-corrected chi connectivity index (χ3v) is 4.04. The van der Waals surface area contributed by atoms with Gasteiger partial charge in [-0.2, -0.15) is 5.26 Å². The number of nitriles is 1. The number of nitrogens with zero attached hydrogens (tertiary/aromatic N) is 3. The Morgan fingerprint density at radius 3 is 2.29 bits per heavy atom. The molecule has 1 fully saturated rings. The van der Waals surface area contributed by atoms with E-state index in [1.807, 2.05) is 37.3 Å². The summed E-state index contributed by atoms with van der Waals surface area (Å²) in [6.45, 7) is 4.94. The maximum atomic E-state index is 11.6. The van der Waals surface area contributed by atoms with Crippen LogP contribution in [0, 0.1) is 11.3 Å². The highest BCUT2D eigenvalue weighted by Gasteiger charge is 2.29. The van der Waals surface area contributed by atoms with Crippen molar-refractivity contribution in [1.82, 2.24) is 9.80 Å². The van der Waals surface area contributed by atoms with Gasteiger partial charge in [0, 0.05) is 26.2 Å². The largest absolute Gasteiger partial charge is 0.468 e. The van der Waals surface area contributed by atoms with Gasteiger partial charge in [-0.3, -0.25) is 14.6 Å². The smallest absolute Gasteiger partial charge is 0.322 e. The van der Waals surface area contributed by atoms with E-state index in [-0.39, 0.29) is 18.1 Å². The normalized spacial score (nSPS) is 19.5. The number of methoxy groups -OCH3 is 1. The van der Waals surface area contributed by atoms with Crippen LogP contribution in [-0.2, 0) is 9.53 Å². The van der Waals surface area contributed by atoms with Gasteiger partial charge in [-0.05, 0) is 12.5 Å². The molecule has 112 valence electrons. The molecule has 0 amide bonds. The maximum absolute atomic E-state index is 11.6. The van der Waals surface area contributed by atoms with Crippen LogP contribution in [0.15, 0.2) is 30.3 Å². The van der Waals surface area contributed by atoms with Crippen molar-refractivity contribution in [1.29, 1.82) is 5.26 Å². The van der Waals surface area contributed by atoms with Crippen molar-refractivity contribution in [2.24, 2.45) is 0 Å². The molecular formula is C16H21N3O2. The molecule has 1 aromatic carbocycles. The van der Waals surface area contributed by atoms with Crippen molar-refractivity contribution in [3.63, 3.8) is 0 Å². The number of carbonyl (C=O) groups is 1. The zero-order valence-corrected chi connectivity index (χ0v) is 12.5. The van der Waals surface area contributed by atoms with Crippen molar-refractivity contribution in [2.75, 3.05) is 33.3 Å². The molecule has 0 radical (unpaired) electrons. The Labute approximate surface area is 125 Å². The quantitative estimate of drug-likeness (QED) is 0.784. The second kappa shape index (κ2) is 7.21. The summed E-state index contributed by atoms with van der Waals surface area (Å²) in [6.07, 6.45) is 0. The van der Waals surface area contributed by atoms with Gasteiger partial charge in [-0.1, -0.05) is 30.3 Å². The van der Waals surface area contributed by atoms with Gasteiger partial charge in [0.25, 0.3) is 0 Å². The lowest BCUT2D eigenvalue weighted by Crippen LogP contribution is -2.52. The molecule has 1 aliphatic rings. The van der Waals surface area contributed by atoms with Crippen LogP contribution in [0.5, 0.6) is 0 Å². The summed E-state index contributed by atoms with van der Waals surface area (Å²) in [5, 5.41) is 9.45. The first-order valence-electron chi connectivity index (χ1n) is 7.18. The van der Waals surface area contributed by atoms with Gasteiger partial charge in [0.2, 0.25) is 0 Å². The average molecular weight is 287 g/mol. The summed E-state index contributed by atoms with van der Waals surface area (Å²) in [7, 11) is 1.41. The molecular weight excluding hydrogens is 266 g/mol. The Balaban J connectivity index is 1.97. The molecule has 2 atom stereocenters. The van der Waals surface area contributed by atoms with E-state index < -0.39 is 0 Å². The standard InChI is InChI=1S/C16H21N3O2/c1-13(16(20)21-2)18-8-10-19(11-9-18)15(12-17)14-6-4-3-5-7-14/h3-7,13,15H,8-11H2,1-2H3/t13-,15-/m0/s1. The molecule has 0 saturated carbocycles. The minimum atomic E-state index is -0.227. The molecule has 5 nitrogen and oxygen atoms in total. The first kappa shape index (κ1) is 15.5. The minimum absolute atomic E-state index is 0.205. The SMILES string of the molecule is COC(=O)[C@H](C)N1CCN([C@@H](C#N)c2ccccc2)CC1. The summed E-state index contributed by atoms with van der Waals surface area (Å²) in [5.41, 5.74) is 1.02. The van der Waals surface area contributed by atoms with E-state index >= 15 is 0 Å². The molecule has 0 aliphatic carbocycles. The molecule has 0 spiro atoms. The van der Waals surface area contributed by atoms with Gasteiger partial charge >= 0.3 is 5.97 Å². The van der Waals surface area contributed by atoms with Gasteiger partial charge in [-0.15, -0.1) is 0 Å². The number of piperazine rings is 1. The Kier molecular flexibility index (Phi) is 5.32. The van der Waals surface area contributed by atoms with Crippen molar-refractivity contribution in [2.45, 2.75) is 19.0 Å². The van der Waals surface area contributed by atoms with Crippen molar-refractivity contribution < 1.29 is 9.53 Å². The molecule has 0 unspecified atom stereocenters. The van der Waals surface area contributed by atoms with E-state index in [2.05, 4.69) is 15.9 Å².